The molecule has 0 aliphatic heterocycles. The highest BCUT2D eigenvalue weighted by Crippen LogP contribution is 2.21. The van der Waals surface area contributed by atoms with Crippen molar-refractivity contribution in [1.29, 1.82) is 0 Å². The molecule has 7 heteroatoms. The molecule has 7 nitrogen and oxygen atoms in total. The van der Waals surface area contributed by atoms with Crippen LogP contribution in [0.15, 0.2) is 29.4 Å². The molecule has 3 rings (SSSR count). The van der Waals surface area contributed by atoms with Crippen molar-refractivity contribution >= 4 is 11.6 Å². The fraction of sp³-hybridized carbons (Fsp3) is 0.611. The molecule has 136 valence electrons. The maximum Gasteiger partial charge on any atom is 0.191 e. The predicted molar refractivity (Wildman–Crippen MR) is 101 cm³/mol. The first-order valence-electron chi connectivity index (χ1n) is 9.29. The minimum Gasteiger partial charge on any atom is -0.357 e. The zero-order chi connectivity index (χ0) is 17.5. The molecular formula is C18H29N7. The van der Waals surface area contributed by atoms with Gasteiger partial charge in [-0.1, -0.05) is 18.9 Å². The van der Waals surface area contributed by atoms with E-state index >= 15 is 0 Å². The van der Waals surface area contributed by atoms with Gasteiger partial charge in [0.15, 0.2) is 17.4 Å². The Morgan fingerprint density at radius 2 is 2.12 bits per heavy atom. The summed E-state index contributed by atoms with van der Waals surface area (Å²) < 4.78 is 1.97. The number of nitrogens with zero attached hydrogens (tertiary/aromatic N) is 5. The molecule has 0 atom stereocenters. The van der Waals surface area contributed by atoms with Crippen LogP contribution in [-0.2, 0) is 6.54 Å². The van der Waals surface area contributed by atoms with E-state index in [1.54, 1.807) is 0 Å². The van der Waals surface area contributed by atoms with E-state index in [2.05, 4.69) is 44.7 Å². The quantitative estimate of drug-likeness (QED) is 0.591. The summed E-state index contributed by atoms with van der Waals surface area (Å²) in [7, 11) is 2.23. The van der Waals surface area contributed by atoms with Gasteiger partial charge in [-0.2, -0.15) is 0 Å². The molecule has 0 spiro atoms. The zero-order valence-corrected chi connectivity index (χ0v) is 15.3. The van der Waals surface area contributed by atoms with Gasteiger partial charge in [0.05, 0.1) is 0 Å². The number of rotatable bonds is 7. The number of hydrogen-bond donors (Lipinski definition) is 2. The third-order valence-corrected chi connectivity index (χ3v) is 4.81. The maximum atomic E-state index is 4.65. The van der Waals surface area contributed by atoms with Crippen molar-refractivity contribution in [2.24, 2.45) is 4.99 Å². The summed E-state index contributed by atoms with van der Waals surface area (Å²) in [6, 6.07) is 6.64. The highest BCUT2D eigenvalue weighted by atomic mass is 15.3. The van der Waals surface area contributed by atoms with E-state index in [9.17, 15) is 0 Å². The molecule has 0 amide bonds. The summed E-state index contributed by atoms with van der Waals surface area (Å²) in [4.78, 5) is 7.12. The fourth-order valence-corrected chi connectivity index (χ4v) is 3.37. The first-order valence-corrected chi connectivity index (χ1v) is 9.29. The Kier molecular flexibility index (Phi) is 6.22. The van der Waals surface area contributed by atoms with Crippen molar-refractivity contribution in [2.45, 2.75) is 45.2 Å². The van der Waals surface area contributed by atoms with E-state index in [1.807, 2.05) is 28.8 Å². The number of fused-ring (bicyclic) bond motifs is 1. The Morgan fingerprint density at radius 1 is 1.28 bits per heavy atom. The van der Waals surface area contributed by atoms with Crippen LogP contribution in [0.5, 0.6) is 0 Å². The van der Waals surface area contributed by atoms with Crippen LogP contribution in [0.3, 0.4) is 0 Å². The third kappa shape index (κ3) is 4.69. The summed E-state index contributed by atoms with van der Waals surface area (Å²) in [5, 5.41) is 15.1. The van der Waals surface area contributed by atoms with Crippen LogP contribution in [0.4, 0.5) is 0 Å². The molecule has 2 N–H and O–H groups in total. The molecule has 0 unspecified atom stereocenters. The maximum absolute atomic E-state index is 4.65. The highest BCUT2D eigenvalue weighted by Gasteiger charge is 2.18. The number of hydrogen-bond acceptors (Lipinski definition) is 4. The van der Waals surface area contributed by atoms with Crippen LogP contribution in [0, 0.1) is 0 Å². The molecule has 2 aromatic heterocycles. The molecule has 0 radical (unpaired) electrons. The number of nitrogens with one attached hydrogen (secondary N) is 2. The molecule has 1 aliphatic carbocycles. The Balaban J connectivity index is 1.53. The average Bonchev–Trinajstić information content (AvgIpc) is 3.29. The van der Waals surface area contributed by atoms with E-state index in [0.717, 1.165) is 43.1 Å². The second-order valence-corrected chi connectivity index (χ2v) is 6.59. The molecule has 0 aromatic carbocycles. The molecule has 1 fully saturated rings. The average molecular weight is 343 g/mol. The number of guanidine groups is 1. The molecule has 25 heavy (non-hydrogen) atoms. The fourth-order valence-electron chi connectivity index (χ4n) is 3.37. The van der Waals surface area contributed by atoms with Gasteiger partial charge < -0.3 is 15.5 Å². The van der Waals surface area contributed by atoms with E-state index in [-0.39, 0.29) is 0 Å². The number of aliphatic imine (C=N–C) groups is 1. The van der Waals surface area contributed by atoms with Gasteiger partial charge in [-0.3, -0.25) is 4.40 Å². The Labute approximate surface area is 149 Å². The molecule has 2 heterocycles. The molecule has 2 aromatic rings. The molecule has 1 saturated carbocycles. The minimum absolute atomic E-state index is 0.499. The van der Waals surface area contributed by atoms with Crippen LogP contribution in [0.2, 0.25) is 0 Å². The van der Waals surface area contributed by atoms with Crippen LogP contribution >= 0.6 is 0 Å². The second-order valence-electron chi connectivity index (χ2n) is 6.59. The zero-order valence-electron chi connectivity index (χ0n) is 15.3. The number of likely N-dealkylation sites (N-methyl/N-ethyl adjacent to an activating group) is 1. The van der Waals surface area contributed by atoms with E-state index < -0.39 is 0 Å². The second kappa shape index (κ2) is 8.80. The van der Waals surface area contributed by atoms with Crippen LogP contribution in [0.25, 0.3) is 5.65 Å². The lowest BCUT2D eigenvalue weighted by Crippen LogP contribution is -2.42. The summed E-state index contributed by atoms with van der Waals surface area (Å²) in [5.74, 6) is 1.67. The van der Waals surface area contributed by atoms with Gasteiger partial charge in [-0.25, -0.2) is 4.99 Å². The van der Waals surface area contributed by atoms with Crippen LogP contribution in [0.1, 0.15) is 38.4 Å². The Morgan fingerprint density at radius 3 is 2.92 bits per heavy atom. The normalized spacial score (nSPS) is 16.0. The highest BCUT2D eigenvalue weighted by molar-refractivity contribution is 5.79. The topological polar surface area (TPSA) is 69.8 Å². The van der Waals surface area contributed by atoms with Gasteiger partial charge in [-0.15, -0.1) is 10.2 Å². The first-order chi connectivity index (χ1) is 12.3. The summed E-state index contributed by atoms with van der Waals surface area (Å²) in [6.07, 6.45) is 7.39. The third-order valence-electron chi connectivity index (χ3n) is 4.81. The van der Waals surface area contributed by atoms with Gasteiger partial charge in [-0.05, 0) is 38.9 Å². The van der Waals surface area contributed by atoms with E-state index in [0.29, 0.717) is 6.54 Å². The van der Waals surface area contributed by atoms with Crippen molar-refractivity contribution in [3.05, 3.63) is 30.2 Å². The molecule has 0 bridgehead atoms. The van der Waals surface area contributed by atoms with Crippen molar-refractivity contribution in [1.82, 2.24) is 30.1 Å². The Hall–Kier alpha value is -2.15. The lowest BCUT2D eigenvalue weighted by Gasteiger charge is -2.24. The summed E-state index contributed by atoms with van der Waals surface area (Å²) in [5.41, 5.74) is 0.851. The summed E-state index contributed by atoms with van der Waals surface area (Å²) in [6.45, 7) is 5.33. The van der Waals surface area contributed by atoms with Crippen LogP contribution < -0.4 is 10.6 Å². The largest absolute Gasteiger partial charge is 0.357 e. The smallest absolute Gasteiger partial charge is 0.191 e. The van der Waals surface area contributed by atoms with Gasteiger partial charge in [0.1, 0.15) is 6.54 Å². The van der Waals surface area contributed by atoms with Gasteiger partial charge in [0, 0.05) is 31.9 Å². The van der Waals surface area contributed by atoms with Crippen molar-refractivity contribution in [2.75, 3.05) is 26.7 Å². The van der Waals surface area contributed by atoms with Crippen molar-refractivity contribution in [3.63, 3.8) is 0 Å². The SMILES string of the molecule is CCNC(=NCc1nnc2ccccn12)NCCN(C)C1CCCC1. The lowest BCUT2D eigenvalue weighted by atomic mass is 10.2. The van der Waals surface area contributed by atoms with Gasteiger partial charge in [0.25, 0.3) is 0 Å². The van der Waals surface area contributed by atoms with E-state index in [4.69, 9.17) is 0 Å². The van der Waals surface area contributed by atoms with Crippen LogP contribution in [-0.4, -0.2) is 58.2 Å². The predicted octanol–water partition coefficient (Wildman–Crippen LogP) is 1.66. The van der Waals surface area contributed by atoms with Gasteiger partial charge >= 0.3 is 0 Å². The van der Waals surface area contributed by atoms with Crippen molar-refractivity contribution < 1.29 is 0 Å². The summed E-state index contributed by atoms with van der Waals surface area (Å²) >= 11 is 0. The minimum atomic E-state index is 0.499. The van der Waals surface area contributed by atoms with Gasteiger partial charge in [0.2, 0.25) is 0 Å². The Bertz CT molecular complexity index is 688. The van der Waals surface area contributed by atoms with E-state index in [1.165, 1.54) is 25.7 Å². The lowest BCUT2D eigenvalue weighted by molar-refractivity contribution is 0.249. The molecule has 0 saturated heterocycles. The van der Waals surface area contributed by atoms with Crippen molar-refractivity contribution in [3.8, 4) is 0 Å². The standard InChI is InChI=1S/C18H29N7/c1-3-19-18(20-11-13-24(2)15-8-4-5-9-15)21-14-17-23-22-16-10-6-7-12-25(16)17/h6-7,10,12,15H,3-5,8-9,11,13-14H2,1-2H3,(H2,19,20,21). The molecule has 1 aliphatic rings. The first kappa shape index (κ1) is 17.7. The monoisotopic (exact) mass is 343 g/mol. The number of aromatic nitrogens is 3. The number of pyridine rings is 1. The molecular weight excluding hydrogens is 314 g/mol.